The van der Waals surface area contributed by atoms with Gasteiger partial charge in [0.1, 0.15) is 0 Å². The van der Waals surface area contributed by atoms with Gasteiger partial charge >= 0.3 is 0 Å². The van der Waals surface area contributed by atoms with E-state index >= 15 is 0 Å². The maximum Gasteiger partial charge on any atom is 0.0648 e. The molecule has 0 fully saturated rings. The topological polar surface area (TPSA) is 26.0 Å². The second-order valence-corrected chi connectivity index (χ2v) is 5.53. The minimum atomic E-state index is 0.0126. The fraction of sp³-hybridized carbons (Fsp3) is 0.286. The molecule has 0 aliphatic heterocycles. The SMILES string of the molecule is Cc1ccc(C(N)c2cccc(C)c2C)s1. The van der Waals surface area contributed by atoms with E-state index in [9.17, 15) is 0 Å². The predicted molar refractivity (Wildman–Crippen MR) is 71.0 cm³/mol. The van der Waals surface area contributed by atoms with E-state index < -0.39 is 0 Å². The van der Waals surface area contributed by atoms with E-state index in [4.69, 9.17) is 5.73 Å². The molecule has 2 heteroatoms. The summed E-state index contributed by atoms with van der Waals surface area (Å²) >= 11 is 1.78. The zero-order chi connectivity index (χ0) is 11.7. The van der Waals surface area contributed by atoms with Crippen LogP contribution in [0, 0.1) is 20.8 Å². The second kappa shape index (κ2) is 4.40. The Morgan fingerprint density at radius 2 is 1.81 bits per heavy atom. The first kappa shape index (κ1) is 11.4. The van der Waals surface area contributed by atoms with Gasteiger partial charge in [0.25, 0.3) is 0 Å². The highest BCUT2D eigenvalue weighted by molar-refractivity contribution is 7.12. The Hall–Kier alpha value is -1.12. The highest BCUT2D eigenvalue weighted by Crippen LogP contribution is 2.28. The average Bonchev–Trinajstić information content (AvgIpc) is 2.68. The summed E-state index contributed by atoms with van der Waals surface area (Å²) in [7, 11) is 0. The Bertz CT molecular complexity index is 499. The zero-order valence-corrected chi connectivity index (χ0v) is 10.8. The molecule has 0 spiro atoms. The van der Waals surface area contributed by atoms with E-state index in [0.29, 0.717) is 0 Å². The molecule has 0 bridgehead atoms. The zero-order valence-electron chi connectivity index (χ0n) is 9.95. The van der Waals surface area contributed by atoms with Gasteiger partial charge in [-0.05, 0) is 49.6 Å². The molecule has 0 saturated heterocycles. The number of aryl methyl sites for hydroxylation is 2. The van der Waals surface area contributed by atoms with E-state index in [-0.39, 0.29) is 6.04 Å². The summed E-state index contributed by atoms with van der Waals surface area (Å²) in [6, 6.07) is 10.6. The molecule has 0 radical (unpaired) electrons. The molecule has 1 unspecified atom stereocenters. The first-order valence-corrected chi connectivity index (χ1v) is 6.29. The summed E-state index contributed by atoms with van der Waals surface area (Å²) in [5, 5.41) is 0. The van der Waals surface area contributed by atoms with Crippen LogP contribution in [0.2, 0.25) is 0 Å². The molecular weight excluding hydrogens is 214 g/mol. The van der Waals surface area contributed by atoms with E-state index in [2.05, 4.69) is 51.1 Å². The number of thiophene rings is 1. The van der Waals surface area contributed by atoms with E-state index in [1.54, 1.807) is 11.3 Å². The van der Waals surface area contributed by atoms with Gasteiger partial charge in [0.05, 0.1) is 6.04 Å². The summed E-state index contributed by atoms with van der Waals surface area (Å²) in [6.07, 6.45) is 0. The van der Waals surface area contributed by atoms with Crippen LogP contribution in [0.15, 0.2) is 30.3 Å². The number of hydrogen-bond donors (Lipinski definition) is 1. The Labute approximate surface area is 101 Å². The molecule has 0 aliphatic rings. The fourth-order valence-electron chi connectivity index (χ4n) is 1.88. The van der Waals surface area contributed by atoms with Crippen molar-refractivity contribution < 1.29 is 0 Å². The van der Waals surface area contributed by atoms with Crippen molar-refractivity contribution in [2.45, 2.75) is 26.8 Å². The third kappa shape index (κ3) is 2.04. The smallest absolute Gasteiger partial charge is 0.0648 e. The quantitative estimate of drug-likeness (QED) is 0.837. The number of rotatable bonds is 2. The molecule has 0 saturated carbocycles. The molecule has 84 valence electrons. The predicted octanol–water partition coefficient (Wildman–Crippen LogP) is 3.72. The van der Waals surface area contributed by atoms with Gasteiger partial charge < -0.3 is 5.73 Å². The second-order valence-electron chi connectivity index (χ2n) is 4.22. The monoisotopic (exact) mass is 231 g/mol. The molecule has 2 N–H and O–H groups in total. The van der Waals surface area contributed by atoms with E-state index in [0.717, 1.165) is 0 Å². The van der Waals surface area contributed by atoms with Crippen LogP contribution < -0.4 is 5.73 Å². The number of nitrogens with two attached hydrogens (primary N) is 1. The number of hydrogen-bond acceptors (Lipinski definition) is 2. The van der Waals surface area contributed by atoms with Crippen LogP contribution in [0.3, 0.4) is 0 Å². The standard InChI is InChI=1S/C14H17NS/c1-9-5-4-6-12(11(9)3)14(15)13-8-7-10(2)16-13/h4-8,14H,15H2,1-3H3. The summed E-state index contributed by atoms with van der Waals surface area (Å²) in [4.78, 5) is 2.56. The van der Waals surface area contributed by atoms with Crippen molar-refractivity contribution in [3.63, 3.8) is 0 Å². The van der Waals surface area contributed by atoms with Gasteiger partial charge in [0.2, 0.25) is 0 Å². The van der Waals surface area contributed by atoms with Gasteiger partial charge in [0.15, 0.2) is 0 Å². The van der Waals surface area contributed by atoms with Gasteiger partial charge in [-0.15, -0.1) is 11.3 Å². The van der Waals surface area contributed by atoms with Crippen LogP contribution in [-0.2, 0) is 0 Å². The molecule has 0 aliphatic carbocycles. The van der Waals surface area contributed by atoms with Crippen LogP contribution >= 0.6 is 11.3 Å². The molecule has 1 aromatic heterocycles. The fourth-order valence-corrected chi connectivity index (χ4v) is 2.78. The lowest BCUT2D eigenvalue weighted by molar-refractivity contribution is 0.879. The lowest BCUT2D eigenvalue weighted by atomic mass is 9.97. The lowest BCUT2D eigenvalue weighted by Crippen LogP contribution is -2.12. The maximum absolute atomic E-state index is 6.31. The highest BCUT2D eigenvalue weighted by Gasteiger charge is 2.13. The van der Waals surface area contributed by atoms with Gasteiger partial charge in [-0.1, -0.05) is 18.2 Å². The third-order valence-corrected chi connectivity index (χ3v) is 4.13. The Morgan fingerprint density at radius 1 is 1.06 bits per heavy atom. The van der Waals surface area contributed by atoms with Crippen LogP contribution in [0.1, 0.15) is 32.5 Å². The molecule has 2 aromatic rings. The van der Waals surface area contributed by atoms with Crippen molar-refractivity contribution in [2.24, 2.45) is 5.73 Å². The number of benzene rings is 1. The van der Waals surface area contributed by atoms with Crippen molar-refractivity contribution in [1.29, 1.82) is 0 Å². The Balaban J connectivity index is 2.41. The van der Waals surface area contributed by atoms with Gasteiger partial charge in [-0.3, -0.25) is 0 Å². The van der Waals surface area contributed by atoms with Gasteiger partial charge in [-0.2, -0.15) is 0 Å². The Morgan fingerprint density at radius 3 is 2.44 bits per heavy atom. The van der Waals surface area contributed by atoms with Crippen LogP contribution in [0.25, 0.3) is 0 Å². The van der Waals surface area contributed by atoms with Crippen LogP contribution in [0.5, 0.6) is 0 Å². The maximum atomic E-state index is 6.31. The summed E-state index contributed by atoms with van der Waals surface area (Å²) < 4.78 is 0. The van der Waals surface area contributed by atoms with E-state index in [1.807, 2.05) is 0 Å². The van der Waals surface area contributed by atoms with Crippen LogP contribution in [-0.4, -0.2) is 0 Å². The molecule has 1 aromatic carbocycles. The Kier molecular flexibility index (Phi) is 3.13. The lowest BCUT2D eigenvalue weighted by Gasteiger charge is -2.14. The minimum absolute atomic E-state index is 0.0126. The normalized spacial score (nSPS) is 12.8. The molecule has 2 rings (SSSR count). The molecule has 1 atom stereocenters. The summed E-state index contributed by atoms with van der Waals surface area (Å²) in [5.41, 5.74) is 10.2. The van der Waals surface area contributed by atoms with Gasteiger partial charge in [-0.25, -0.2) is 0 Å². The minimum Gasteiger partial charge on any atom is -0.320 e. The van der Waals surface area contributed by atoms with Crippen molar-refractivity contribution >= 4 is 11.3 Å². The van der Waals surface area contributed by atoms with E-state index in [1.165, 1.54) is 26.4 Å². The third-order valence-electron chi connectivity index (χ3n) is 3.05. The average molecular weight is 231 g/mol. The largest absolute Gasteiger partial charge is 0.320 e. The molecule has 1 heterocycles. The first-order valence-electron chi connectivity index (χ1n) is 5.47. The molecule has 0 amide bonds. The van der Waals surface area contributed by atoms with Crippen molar-refractivity contribution in [1.82, 2.24) is 0 Å². The summed E-state index contributed by atoms with van der Waals surface area (Å²) in [6.45, 7) is 6.39. The van der Waals surface area contributed by atoms with Gasteiger partial charge in [0, 0.05) is 9.75 Å². The van der Waals surface area contributed by atoms with Crippen molar-refractivity contribution in [3.05, 3.63) is 56.8 Å². The van der Waals surface area contributed by atoms with Crippen molar-refractivity contribution in [3.8, 4) is 0 Å². The molecule has 1 nitrogen and oxygen atoms in total. The summed E-state index contributed by atoms with van der Waals surface area (Å²) in [5.74, 6) is 0. The van der Waals surface area contributed by atoms with Crippen molar-refractivity contribution in [2.75, 3.05) is 0 Å². The highest BCUT2D eigenvalue weighted by atomic mass is 32.1. The van der Waals surface area contributed by atoms with Crippen LogP contribution in [0.4, 0.5) is 0 Å². The molecular formula is C14H17NS. The first-order chi connectivity index (χ1) is 7.59. The molecule has 16 heavy (non-hydrogen) atoms.